The minimum Gasteiger partial charge on any atom is -0.307 e. The maximum atomic E-state index is 8.00. The van der Waals surface area contributed by atoms with E-state index in [1.807, 2.05) is 37.1 Å². The van der Waals surface area contributed by atoms with E-state index in [4.69, 9.17) is 4.79 Å². The summed E-state index contributed by atoms with van der Waals surface area (Å²) in [6, 6.07) is 10.0. The topological polar surface area (TPSA) is 17.1 Å². The van der Waals surface area contributed by atoms with E-state index in [0.717, 1.165) is 0 Å². The summed E-state index contributed by atoms with van der Waals surface area (Å²) in [7, 11) is 0. The van der Waals surface area contributed by atoms with Crippen molar-refractivity contribution < 1.29 is 21.6 Å². The Morgan fingerprint density at radius 3 is 1.62 bits per heavy atom. The van der Waals surface area contributed by atoms with Gasteiger partial charge < -0.3 is 4.79 Å². The Bertz CT molecular complexity index is 75.4. The summed E-state index contributed by atoms with van der Waals surface area (Å²) in [5.74, 6) is 0. The molecule has 0 aromatic heterocycles. The first-order valence-corrected chi connectivity index (χ1v) is 1.96. The molecule has 47 valence electrons. The molecule has 0 bridgehead atoms. The van der Waals surface area contributed by atoms with E-state index in [9.17, 15) is 0 Å². The Hall–Kier alpha value is -0.474. The first kappa shape index (κ1) is 10.5. The van der Waals surface area contributed by atoms with E-state index in [1.165, 1.54) is 0 Å². The van der Waals surface area contributed by atoms with Gasteiger partial charge in [0.1, 0.15) is 6.79 Å². The number of hydrogen-bond acceptors (Lipinski definition) is 1. The van der Waals surface area contributed by atoms with Gasteiger partial charge in [0.15, 0.2) is 0 Å². The monoisotopic (exact) mass is 154 g/mol. The quantitative estimate of drug-likeness (QED) is 0.513. The van der Waals surface area contributed by atoms with Gasteiger partial charge in [-0.1, -0.05) is 0 Å². The SMILES string of the molecule is C=O.[Co].c1cc[cH-]c1. The largest absolute Gasteiger partial charge is 0.307 e. The maximum Gasteiger partial charge on any atom is 0.106 e. The van der Waals surface area contributed by atoms with Crippen molar-refractivity contribution in [1.29, 1.82) is 0 Å². The van der Waals surface area contributed by atoms with Gasteiger partial charge in [-0.15, -0.1) is 0 Å². The van der Waals surface area contributed by atoms with Crippen molar-refractivity contribution in [3.8, 4) is 0 Å². The van der Waals surface area contributed by atoms with Gasteiger partial charge in [-0.05, 0) is 0 Å². The normalized spacial score (nSPS) is 5.50. The summed E-state index contributed by atoms with van der Waals surface area (Å²) in [6.07, 6.45) is 0. The second-order valence-corrected chi connectivity index (χ2v) is 0.962. The van der Waals surface area contributed by atoms with Crippen LogP contribution in [0.4, 0.5) is 0 Å². The smallest absolute Gasteiger partial charge is 0.106 e. The summed E-state index contributed by atoms with van der Waals surface area (Å²) >= 11 is 0. The van der Waals surface area contributed by atoms with Crippen molar-refractivity contribution in [2.75, 3.05) is 0 Å². The zero-order valence-corrected chi connectivity index (χ0v) is 5.38. The Morgan fingerprint density at radius 1 is 1.12 bits per heavy atom. The van der Waals surface area contributed by atoms with Gasteiger partial charge >= 0.3 is 0 Å². The predicted octanol–water partition coefficient (Wildman–Crippen LogP) is 1.22. The Balaban J connectivity index is 0. The first-order chi connectivity index (χ1) is 3.50. The van der Waals surface area contributed by atoms with E-state index < -0.39 is 0 Å². The van der Waals surface area contributed by atoms with Crippen LogP contribution in [0.1, 0.15) is 0 Å². The van der Waals surface area contributed by atoms with Gasteiger partial charge in [-0.25, -0.2) is 12.1 Å². The van der Waals surface area contributed by atoms with Crippen molar-refractivity contribution in [1.82, 2.24) is 0 Å². The molecule has 1 nitrogen and oxygen atoms in total. The molecule has 0 spiro atoms. The molecular weight excluding hydrogens is 147 g/mol. The summed E-state index contributed by atoms with van der Waals surface area (Å²) in [6.45, 7) is 2.00. The van der Waals surface area contributed by atoms with Crippen LogP contribution in [0.5, 0.6) is 0 Å². The summed E-state index contributed by atoms with van der Waals surface area (Å²) < 4.78 is 0. The number of carbonyl (C=O) groups is 1. The minimum absolute atomic E-state index is 0. The Labute approximate surface area is 59.3 Å². The van der Waals surface area contributed by atoms with E-state index in [1.54, 1.807) is 0 Å². The summed E-state index contributed by atoms with van der Waals surface area (Å²) in [4.78, 5) is 8.00. The van der Waals surface area contributed by atoms with Crippen LogP contribution in [0, 0.1) is 0 Å². The van der Waals surface area contributed by atoms with Crippen LogP contribution in [0.25, 0.3) is 0 Å². The first-order valence-electron chi connectivity index (χ1n) is 1.96. The summed E-state index contributed by atoms with van der Waals surface area (Å²) in [5.41, 5.74) is 0. The molecular formula is C6H7CoO-. The van der Waals surface area contributed by atoms with Crippen LogP contribution in [0.2, 0.25) is 0 Å². The molecule has 1 aromatic rings. The van der Waals surface area contributed by atoms with Gasteiger partial charge in [-0.3, -0.25) is 0 Å². The fraction of sp³-hybridized carbons (Fsp3) is 0. The molecule has 2 heteroatoms. The summed E-state index contributed by atoms with van der Waals surface area (Å²) in [5, 5.41) is 0. The molecule has 0 N–H and O–H groups in total. The molecule has 0 saturated heterocycles. The van der Waals surface area contributed by atoms with Crippen LogP contribution in [-0.4, -0.2) is 6.79 Å². The Kier molecular flexibility index (Phi) is 12.8. The molecule has 0 aliphatic heterocycles. The second kappa shape index (κ2) is 9.73. The van der Waals surface area contributed by atoms with Crippen LogP contribution >= 0.6 is 0 Å². The van der Waals surface area contributed by atoms with Crippen LogP contribution in [0.15, 0.2) is 30.3 Å². The fourth-order valence-corrected chi connectivity index (χ4v) is 0.321. The van der Waals surface area contributed by atoms with Crippen molar-refractivity contribution in [2.45, 2.75) is 0 Å². The molecule has 1 radical (unpaired) electrons. The van der Waals surface area contributed by atoms with Crippen molar-refractivity contribution in [2.24, 2.45) is 0 Å². The third-order valence-corrected chi connectivity index (χ3v) is 0.556. The Morgan fingerprint density at radius 2 is 1.50 bits per heavy atom. The van der Waals surface area contributed by atoms with Gasteiger partial charge in [-0.2, -0.15) is 18.2 Å². The predicted molar refractivity (Wildman–Crippen MR) is 29.2 cm³/mol. The molecule has 0 aliphatic rings. The van der Waals surface area contributed by atoms with Gasteiger partial charge in [0.2, 0.25) is 0 Å². The molecule has 1 aromatic carbocycles. The molecule has 0 aliphatic carbocycles. The standard InChI is InChI=1S/C5H5.CH2O.Co/c1-2-4-5-3-1;1-2;/h1-5H;1H2;/q-1;;. The fourth-order valence-electron chi connectivity index (χ4n) is 0.321. The molecule has 8 heavy (non-hydrogen) atoms. The second-order valence-electron chi connectivity index (χ2n) is 0.962. The molecule has 0 unspecified atom stereocenters. The average Bonchev–Trinajstić information content (AvgIpc) is 2.23. The van der Waals surface area contributed by atoms with E-state index in [-0.39, 0.29) is 16.8 Å². The maximum absolute atomic E-state index is 8.00. The molecule has 0 amide bonds. The van der Waals surface area contributed by atoms with Gasteiger partial charge in [0.05, 0.1) is 0 Å². The van der Waals surface area contributed by atoms with E-state index in [2.05, 4.69) is 0 Å². The third-order valence-electron chi connectivity index (χ3n) is 0.556. The minimum atomic E-state index is 0. The molecule has 0 fully saturated rings. The van der Waals surface area contributed by atoms with Crippen molar-refractivity contribution >= 4 is 6.79 Å². The zero-order valence-electron chi connectivity index (χ0n) is 4.34. The molecule has 0 heterocycles. The van der Waals surface area contributed by atoms with Crippen molar-refractivity contribution in [3.05, 3.63) is 30.3 Å². The molecule has 1 rings (SSSR count). The van der Waals surface area contributed by atoms with Crippen molar-refractivity contribution in [3.63, 3.8) is 0 Å². The van der Waals surface area contributed by atoms with E-state index >= 15 is 0 Å². The van der Waals surface area contributed by atoms with E-state index in [0.29, 0.717) is 0 Å². The average molecular weight is 154 g/mol. The number of rotatable bonds is 0. The third kappa shape index (κ3) is 5.53. The number of carbonyl (C=O) groups excluding carboxylic acids is 1. The molecule has 0 saturated carbocycles. The number of hydrogen-bond donors (Lipinski definition) is 0. The molecule has 0 atom stereocenters. The van der Waals surface area contributed by atoms with Crippen LogP contribution in [0.3, 0.4) is 0 Å². The zero-order chi connectivity index (χ0) is 5.54. The van der Waals surface area contributed by atoms with Gasteiger partial charge in [0, 0.05) is 16.8 Å². The van der Waals surface area contributed by atoms with Crippen LogP contribution < -0.4 is 0 Å². The van der Waals surface area contributed by atoms with Crippen LogP contribution in [-0.2, 0) is 21.6 Å². The van der Waals surface area contributed by atoms with Gasteiger partial charge in [0.25, 0.3) is 0 Å².